The highest BCUT2D eigenvalue weighted by Gasteiger charge is 2.10. The van der Waals surface area contributed by atoms with E-state index in [4.69, 9.17) is 5.11 Å². The summed E-state index contributed by atoms with van der Waals surface area (Å²) in [6.45, 7) is 9.84. The normalized spacial score (nSPS) is 14.4. The Morgan fingerprint density at radius 3 is 2.14 bits per heavy atom. The first-order chi connectivity index (χ1) is 6.47. The summed E-state index contributed by atoms with van der Waals surface area (Å²) < 4.78 is 0. The Hall–Kier alpha value is -0.120. The Labute approximate surface area is 88.5 Å². The molecule has 86 valence electrons. The van der Waals surface area contributed by atoms with Crippen LogP contribution in [0.15, 0.2) is 0 Å². The van der Waals surface area contributed by atoms with Gasteiger partial charge in [-0.2, -0.15) is 0 Å². The number of rotatable bonds is 7. The second kappa shape index (κ2) is 7.21. The van der Waals surface area contributed by atoms with E-state index in [1.165, 1.54) is 0 Å². The molecule has 14 heavy (non-hydrogen) atoms. The molecule has 0 bridgehead atoms. The quantitative estimate of drug-likeness (QED) is 0.648. The SMILES string of the molecule is CC(C)NC(CO)CCN(C)C(C)C. The molecule has 0 saturated carbocycles. The van der Waals surface area contributed by atoms with Gasteiger partial charge in [0.1, 0.15) is 0 Å². The maximum absolute atomic E-state index is 9.15. The van der Waals surface area contributed by atoms with Crippen molar-refractivity contribution in [3.8, 4) is 0 Å². The van der Waals surface area contributed by atoms with Crippen molar-refractivity contribution in [1.82, 2.24) is 10.2 Å². The third kappa shape index (κ3) is 6.35. The Bertz CT molecular complexity index is 137. The van der Waals surface area contributed by atoms with Gasteiger partial charge in [0.2, 0.25) is 0 Å². The molecule has 1 atom stereocenters. The van der Waals surface area contributed by atoms with E-state index < -0.39 is 0 Å². The van der Waals surface area contributed by atoms with Crippen LogP contribution in [0, 0.1) is 0 Å². The van der Waals surface area contributed by atoms with E-state index in [1.807, 2.05) is 0 Å². The van der Waals surface area contributed by atoms with Gasteiger partial charge in [-0.15, -0.1) is 0 Å². The van der Waals surface area contributed by atoms with Gasteiger partial charge in [0.05, 0.1) is 6.61 Å². The summed E-state index contributed by atoms with van der Waals surface area (Å²) in [5.74, 6) is 0. The van der Waals surface area contributed by atoms with Crippen molar-refractivity contribution in [3.05, 3.63) is 0 Å². The summed E-state index contributed by atoms with van der Waals surface area (Å²) in [6, 6.07) is 1.25. The zero-order valence-electron chi connectivity index (χ0n) is 10.2. The summed E-state index contributed by atoms with van der Waals surface area (Å²) >= 11 is 0. The molecule has 0 aromatic heterocycles. The Morgan fingerprint density at radius 2 is 1.79 bits per heavy atom. The first-order valence-corrected chi connectivity index (χ1v) is 5.54. The van der Waals surface area contributed by atoms with Crippen LogP contribution in [-0.4, -0.2) is 48.3 Å². The molecule has 0 heterocycles. The predicted octanol–water partition coefficient (Wildman–Crippen LogP) is 1.08. The molecular formula is C11H26N2O. The lowest BCUT2D eigenvalue weighted by Crippen LogP contribution is -2.40. The van der Waals surface area contributed by atoms with Crippen LogP contribution < -0.4 is 5.32 Å². The number of nitrogens with zero attached hydrogens (tertiary/aromatic N) is 1. The maximum atomic E-state index is 9.15. The van der Waals surface area contributed by atoms with Crippen molar-refractivity contribution < 1.29 is 5.11 Å². The van der Waals surface area contributed by atoms with Crippen LogP contribution in [0.25, 0.3) is 0 Å². The molecule has 0 aromatic carbocycles. The lowest BCUT2D eigenvalue weighted by molar-refractivity contribution is 0.199. The number of hydrogen-bond acceptors (Lipinski definition) is 3. The molecule has 0 radical (unpaired) electrons. The van der Waals surface area contributed by atoms with E-state index in [1.54, 1.807) is 0 Å². The minimum Gasteiger partial charge on any atom is -0.395 e. The zero-order chi connectivity index (χ0) is 11.1. The van der Waals surface area contributed by atoms with Crippen molar-refractivity contribution in [2.75, 3.05) is 20.2 Å². The monoisotopic (exact) mass is 202 g/mol. The van der Waals surface area contributed by atoms with Gasteiger partial charge in [-0.1, -0.05) is 13.8 Å². The largest absolute Gasteiger partial charge is 0.395 e. The zero-order valence-corrected chi connectivity index (χ0v) is 10.2. The van der Waals surface area contributed by atoms with Crippen molar-refractivity contribution in [2.24, 2.45) is 0 Å². The lowest BCUT2D eigenvalue weighted by Gasteiger charge is -2.25. The van der Waals surface area contributed by atoms with E-state index in [-0.39, 0.29) is 12.6 Å². The molecule has 0 aliphatic heterocycles. The number of aliphatic hydroxyl groups excluding tert-OH is 1. The molecule has 0 saturated heterocycles. The summed E-state index contributed by atoms with van der Waals surface area (Å²) in [4.78, 5) is 2.30. The van der Waals surface area contributed by atoms with Gasteiger partial charge in [0.15, 0.2) is 0 Å². The summed E-state index contributed by atoms with van der Waals surface area (Å²) in [6.07, 6.45) is 1.00. The molecule has 0 aromatic rings. The topological polar surface area (TPSA) is 35.5 Å². The minimum absolute atomic E-state index is 0.226. The smallest absolute Gasteiger partial charge is 0.0585 e. The highest BCUT2D eigenvalue weighted by molar-refractivity contribution is 4.70. The van der Waals surface area contributed by atoms with E-state index in [2.05, 4.69) is 45.0 Å². The molecule has 2 N–H and O–H groups in total. The molecule has 0 fully saturated rings. The summed E-state index contributed by atoms with van der Waals surface area (Å²) in [5, 5.41) is 12.5. The average Bonchev–Trinajstić information content (AvgIpc) is 2.10. The van der Waals surface area contributed by atoms with Crippen LogP contribution >= 0.6 is 0 Å². The highest BCUT2D eigenvalue weighted by atomic mass is 16.3. The number of hydrogen-bond donors (Lipinski definition) is 2. The first-order valence-electron chi connectivity index (χ1n) is 5.54. The van der Waals surface area contributed by atoms with Crippen molar-refractivity contribution in [2.45, 2.75) is 52.2 Å². The second-order valence-corrected chi connectivity index (χ2v) is 4.56. The number of nitrogens with one attached hydrogen (secondary N) is 1. The van der Waals surface area contributed by atoms with Gasteiger partial charge in [-0.25, -0.2) is 0 Å². The maximum Gasteiger partial charge on any atom is 0.0585 e. The van der Waals surface area contributed by atoms with Crippen LogP contribution in [0.2, 0.25) is 0 Å². The molecule has 0 aliphatic rings. The fraction of sp³-hybridized carbons (Fsp3) is 1.00. The summed E-state index contributed by atoms with van der Waals surface area (Å²) in [7, 11) is 2.12. The van der Waals surface area contributed by atoms with Crippen LogP contribution in [0.1, 0.15) is 34.1 Å². The van der Waals surface area contributed by atoms with Gasteiger partial charge >= 0.3 is 0 Å². The van der Waals surface area contributed by atoms with E-state index in [9.17, 15) is 0 Å². The lowest BCUT2D eigenvalue weighted by atomic mass is 10.2. The third-order valence-corrected chi connectivity index (χ3v) is 2.50. The van der Waals surface area contributed by atoms with Gasteiger partial charge in [0.25, 0.3) is 0 Å². The molecule has 3 heteroatoms. The predicted molar refractivity (Wildman–Crippen MR) is 61.5 cm³/mol. The fourth-order valence-corrected chi connectivity index (χ4v) is 1.32. The second-order valence-electron chi connectivity index (χ2n) is 4.56. The minimum atomic E-state index is 0.226. The van der Waals surface area contributed by atoms with Crippen LogP contribution in [0.5, 0.6) is 0 Å². The van der Waals surface area contributed by atoms with Gasteiger partial charge in [0, 0.05) is 18.1 Å². The van der Waals surface area contributed by atoms with Gasteiger partial charge in [-0.05, 0) is 33.9 Å². The average molecular weight is 202 g/mol. The molecule has 0 rings (SSSR count). The van der Waals surface area contributed by atoms with Crippen LogP contribution in [-0.2, 0) is 0 Å². The van der Waals surface area contributed by atoms with Crippen LogP contribution in [0.3, 0.4) is 0 Å². The molecule has 0 spiro atoms. The Morgan fingerprint density at radius 1 is 1.21 bits per heavy atom. The molecule has 1 unspecified atom stereocenters. The molecular weight excluding hydrogens is 176 g/mol. The molecule has 0 amide bonds. The first kappa shape index (κ1) is 13.9. The van der Waals surface area contributed by atoms with E-state index in [0.717, 1.165) is 13.0 Å². The third-order valence-electron chi connectivity index (χ3n) is 2.50. The Kier molecular flexibility index (Phi) is 7.15. The Balaban J connectivity index is 3.72. The van der Waals surface area contributed by atoms with E-state index in [0.29, 0.717) is 12.1 Å². The molecule has 3 nitrogen and oxygen atoms in total. The van der Waals surface area contributed by atoms with Crippen molar-refractivity contribution in [3.63, 3.8) is 0 Å². The summed E-state index contributed by atoms with van der Waals surface area (Å²) in [5.41, 5.74) is 0. The van der Waals surface area contributed by atoms with Crippen molar-refractivity contribution >= 4 is 0 Å². The standard InChI is InChI=1S/C11H26N2O/c1-9(2)12-11(8-14)6-7-13(5)10(3)4/h9-12,14H,6-8H2,1-5H3. The highest BCUT2D eigenvalue weighted by Crippen LogP contribution is 1.99. The van der Waals surface area contributed by atoms with Crippen molar-refractivity contribution in [1.29, 1.82) is 0 Å². The molecule has 0 aliphatic carbocycles. The fourth-order valence-electron chi connectivity index (χ4n) is 1.32. The van der Waals surface area contributed by atoms with Gasteiger partial charge < -0.3 is 15.3 Å². The number of aliphatic hydroxyl groups is 1. The van der Waals surface area contributed by atoms with Gasteiger partial charge in [-0.3, -0.25) is 0 Å². The van der Waals surface area contributed by atoms with Crippen LogP contribution in [0.4, 0.5) is 0 Å². The van der Waals surface area contributed by atoms with E-state index >= 15 is 0 Å².